The minimum Gasteiger partial charge on any atom is -0.420 e. The number of rotatable bonds is 4. The summed E-state index contributed by atoms with van der Waals surface area (Å²) in [6.45, 7) is 4.25. The topological polar surface area (TPSA) is 79.9 Å². The first-order valence-electron chi connectivity index (χ1n) is 10.3. The lowest BCUT2D eigenvalue weighted by Gasteiger charge is -2.30. The highest BCUT2D eigenvalue weighted by Gasteiger charge is 2.41. The summed E-state index contributed by atoms with van der Waals surface area (Å²) in [6, 6.07) is 11.2. The monoisotopic (exact) mass is 463 g/mol. The summed E-state index contributed by atoms with van der Waals surface area (Å²) in [4.78, 5) is 28.2. The van der Waals surface area contributed by atoms with Crippen molar-refractivity contribution < 1.29 is 19.1 Å². The molecule has 31 heavy (non-hydrogen) atoms. The summed E-state index contributed by atoms with van der Waals surface area (Å²) in [7, 11) is 2.04. The zero-order valence-electron chi connectivity index (χ0n) is 17.5. The van der Waals surface area contributed by atoms with Crippen molar-refractivity contribution in [2.45, 2.75) is 31.0 Å². The zero-order chi connectivity index (χ0) is 22.0. The molecule has 2 N–H and O–H groups in total. The molecule has 0 aliphatic carbocycles. The minimum atomic E-state index is -1.21. The molecule has 0 spiro atoms. The van der Waals surface area contributed by atoms with E-state index in [4.69, 9.17) is 21.1 Å². The molecule has 3 unspecified atom stereocenters. The van der Waals surface area contributed by atoms with Gasteiger partial charge >= 0.3 is 6.09 Å². The van der Waals surface area contributed by atoms with Crippen molar-refractivity contribution in [3.63, 3.8) is 0 Å². The van der Waals surface area contributed by atoms with Crippen LogP contribution in [0.4, 0.5) is 4.79 Å². The van der Waals surface area contributed by atoms with E-state index in [1.54, 1.807) is 12.1 Å². The van der Waals surface area contributed by atoms with Crippen LogP contribution >= 0.6 is 22.9 Å². The molecule has 2 aliphatic heterocycles. The molecule has 1 saturated heterocycles. The van der Waals surface area contributed by atoms with Gasteiger partial charge in [0.2, 0.25) is 5.72 Å². The van der Waals surface area contributed by atoms with Gasteiger partial charge in [-0.25, -0.2) is 4.79 Å². The van der Waals surface area contributed by atoms with E-state index < -0.39 is 11.8 Å². The second-order valence-electron chi connectivity index (χ2n) is 8.19. The van der Waals surface area contributed by atoms with Gasteiger partial charge in [0.05, 0.1) is 21.9 Å². The summed E-state index contributed by atoms with van der Waals surface area (Å²) in [5, 5.41) is 5.84. The van der Waals surface area contributed by atoms with Crippen LogP contribution in [-0.2, 0) is 9.47 Å². The molecular weight excluding hydrogens is 438 g/mol. The molecule has 0 radical (unpaired) electrons. The van der Waals surface area contributed by atoms with Crippen LogP contribution < -0.4 is 10.6 Å². The van der Waals surface area contributed by atoms with E-state index in [9.17, 15) is 9.59 Å². The van der Waals surface area contributed by atoms with E-state index in [1.807, 2.05) is 25.2 Å². The van der Waals surface area contributed by atoms with E-state index in [-0.39, 0.29) is 18.6 Å². The van der Waals surface area contributed by atoms with Crippen molar-refractivity contribution in [3.05, 3.63) is 56.7 Å². The van der Waals surface area contributed by atoms with Gasteiger partial charge in [0, 0.05) is 19.5 Å². The molecule has 9 heteroatoms. The van der Waals surface area contributed by atoms with Gasteiger partial charge in [0.15, 0.2) is 0 Å². The van der Waals surface area contributed by atoms with Crippen molar-refractivity contribution in [2.24, 2.45) is 0 Å². The molecule has 1 fully saturated rings. The van der Waals surface area contributed by atoms with Crippen LogP contribution in [-0.4, -0.2) is 56.0 Å². The van der Waals surface area contributed by atoms with Gasteiger partial charge in [-0.2, -0.15) is 0 Å². The van der Waals surface area contributed by atoms with Gasteiger partial charge in [-0.1, -0.05) is 42.8 Å². The van der Waals surface area contributed by atoms with E-state index in [0.29, 0.717) is 34.7 Å². The molecular formula is C22H26ClN3O4S. The molecule has 0 saturated carbocycles. The first-order chi connectivity index (χ1) is 14.8. The maximum absolute atomic E-state index is 12.9. The highest BCUT2D eigenvalue weighted by atomic mass is 35.5. The number of carbonyl (C=O) groups is 2. The second kappa shape index (κ2) is 9.16. The molecule has 166 valence electrons. The Hall–Kier alpha value is -2.13. The fourth-order valence-corrected chi connectivity index (χ4v) is 5.19. The molecule has 2 amide bonds. The summed E-state index contributed by atoms with van der Waals surface area (Å²) in [6.07, 6.45) is -0.207. The molecule has 1 aromatic carbocycles. The number of amides is 2. The zero-order valence-corrected chi connectivity index (χ0v) is 19.1. The summed E-state index contributed by atoms with van der Waals surface area (Å²) < 4.78 is 11.7. The summed E-state index contributed by atoms with van der Waals surface area (Å²) in [5.41, 5.74) is 1.10. The Morgan fingerprint density at radius 1 is 1.23 bits per heavy atom. The molecule has 4 rings (SSSR count). The van der Waals surface area contributed by atoms with E-state index in [0.717, 1.165) is 12.1 Å². The Morgan fingerprint density at radius 3 is 2.68 bits per heavy atom. The average Bonchev–Trinajstić information content (AvgIpc) is 3.34. The normalized spacial score (nSPS) is 26.0. The fourth-order valence-electron chi connectivity index (χ4n) is 4.26. The third kappa shape index (κ3) is 5.03. The second-order valence-corrected chi connectivity index (χ2v) is 9.91. The van der Waals surface area contributed by atoms with E-state index in [2.05, 4.69) is 28.5 Å². The number of likely N-dealkylation sites (N-methyl/N-ethyl adjacent to an activating group) is 1. The number of ether oxygens (including phenoxy) is 2. The SMILES string of the molecule is CC1CN(C)CC(NC(=O)OC2(NC(=O)c3ccc(Cl)s3)CCOC2)c2ccccc21. The van der Waals surface area contributed by atoms with Crippen molar-refractivity contribution in [2.75, 3.05) is 33.4 Å². The number of benzene rings is 1. The van der Waals surface area contributed by atoms with Gasteiger partial charge in [-0.15, -0.1) is 11.3 Å². The fraction of sp³-hybridized carbons (Fsp3) is 0.455. The molecule has 3 heterocycles. The third-order valence-corrected chi connectivity index (χ3v) is 6.92. The van der Waals surface area contributed by atoms with Gasteiger partial charge in [0.1, 0.15) is 6.61 Å². The standard InChI is InChI=1S/C22H26ClN3O4S/c1-14-11-26(2)12-17(16-6-4-3-5-15(14)16)24-21(28)30-22(9-10-29-13-22)25-20(27)18-7-8-19(23)31-18/h3-8,14,17H,9-13H2,1-2H3,(H,24,28)(H,25,27). The van der Waals surface area contributed by atoms with E-state index in [1.165, 1.54) is 16.9 Å². The Labute approximate surface area is 190 Å². The number of nitrogens with one attached hydrogen (secondary N) is 2. The number of carbonyl (C=O) groups excluding carboxylic acids is 2. The number of fused-ring (bicyclic) bond motifs is 1. The maximum Gasteiger partial charge on any atom is 0.409 e. The van der Waals surface area contributed by atoms with Crippen molar-refractivity contribution >= 4 is 34.9 Å². The number of hydrogen-bond donors (Lipinski definition) is 2. The first-order valence-corrected chi connectivity index (χ1v) is 11.5. The lowest BCUT2D eigenvalue weighted by molar-refractivity contribution is -0.0189. The largest absolute Gasteiger partial charge is 0.420 e. The van der Waals surface area contributed by atoms with Gasteiger partial charge in [0.25, 0.3) is 5.91 Å². The summed E-state index contributed by atoms with van der Waals surface area (Å²) in [5.74, 6) is 0.0130. The van der Waals surface area contributed by atoms with E-state index >= 15 is 0 Å². The van der Waals surface area contributed by atoms with Crippen molar-refractivity contribution in [3.8, 4) is 0 Å². The Kier molecular flexibility index (Phi) is 6.52. The number of hydrogen-bond acceptors (Lipinski definition) is 6. The van der Waals surface area contributed by atoms with Crippen LogP contribution in [0.1, 0.15) is 46.1 Å². The molecule has 1 aromatic heterocycles. The van der Waals surface area contributed by atoms with Crippen LogP contribution in [0.5, 0.6) is 0 Å². The molecule has 3 atom stereocenters. The number of halogens is 1. The maximum atomic E-state index is 12.9. The average molecular weight is 464 g/mol. The predicted octanol–water partition coefficient (Wildman–Crippen LogP) is 3.76. The number of alkyl carbamates (subject to hydrolysis) is 1. The van der Waals surface area contributed by atoms with Crippen LogP contribution in [0.15, 0.2) is 36.4 Å². The first kappa shape index (κ1) is 22.1. The quantitative estimate of drug-likeness (QED) is 0.675. The van der Waals surface area contributed by atoms with Gasteiger partial charge in [-0.05, 0) is 36.2 Å². The van der Waals surface area contributed by atoms with Gasteiger partial charge in [-0.3, -0.25) is 4.79 Å². The lowest BCUT2D eigenvalue weighted by atomic mass is 9.93. The van der Waals surface area contributed by atoms with Crippen LogP contribution in [0.2, 0.25) is 4.34 Å². The molecule has 0 bridgehead atoms. The Balaban J connectivity index is 1.48. The number of thiophene rings is 1. The van der Waals surface area contributed by atoms with Crippen LogP contribution in [0.25, 0.3) is 0 Å². The molecule has 2 aromatic rings. The van der Waals surface area contributed by atoms with Crippen molar-refractivity contribution in [1.82, 2.24) is 15.5 Å². The number of nitrogens with zero attached hydrogens (tertiary/aromatic N) is 1. The minimum absolute atomic E-state index is 0.101. The lowest BCUT2D eigenvalue weighted by Crippen LogP contribution is -2.54. The van der Waals surface area contributed by atoms with Gasteiger partial charge < -0.3 is 25.0 Å². The molecule has 7 nitrogen and oxygen atoms in total. The van der Waals surface area contributed by atoms with Crippen molar-refractivity contribution in [1.29, 1.82) is 0 Å². The highest BCUT2D eigenvalue weighted by molar-refractivity contribution is 7.18. The Bertz CT molecular complexity index is 960. The smallest absolute Gasteiger partial charge is 0.409 e. The third-order valence-electron chi connectivity index (χ3n) is 5.69. The van der Waals surface area contributed by atoms with Crippen LogP contribution in [0, 0.1) is 0 Å². The highest BCUT2D eigenvalue weighted by Crippen LogP contribution is 2.30. The van der Waals surface area contributed by atoms with Crippen LogP contribution in [0.3, 0.4) is 0 Å². The predicted molar refractivity (Wildman–Crippen MR) is 120 cm³/mol. The summed E-state index contributed by atoms with van der Waals surface area (Å²) >= 11 is 7.11. The Morgan fingerprint density at radius 2 is 2.00 bits per heavy atom. The molecule has 2 aliphatic rings.